The molecule has 0 bridgehead atoms. The summed E-state index contributed by atoms with van der Waals surface area (Å²) in [6.45, 7) is 7.71. The summed E-state index contributed by atoms with van der Waals surface area (Å²) in [6, 6.07) is 7.43. The maximum atomic E-state index is 11.4. The van der Waals surface area contributed by atoms with Crippen LogP contribution < -0.4 is 5.73 Å². The number of hydrogen-bond donors (Lipinski definition) is 1. The molecule has 1 rings (SSSR count). The average molecular weight is 278 g/mol. The van der Waals surface area contributed by atoms with E-state index in [1.807, 2.05) is 52.0 Å². The van der Waals surface area contributed by atoms with Crippen molar-refractivity contribution in [3.8, 4) is 0 Å². The van der Waals surface area contributed by atoms with Crippen LogP contribution in [0, 0.1) is 0 Å². The first-order valence-corrected chi connectivity index (χ1v) is 7.03. The zero-order valence-electron chi connectivity index (χ0n) is 13.1. The third kappa shape index (κ3) is 5.97. The second-order valence-electron chi connectivity index (χ2n) is 4.19. The molecule has 0 spiro atoms. The molecule has 0 radical (unpaired) electrons. The van der Waals surface area contributed by atoms with Gasteiger partial charge in [0.05, 0.1) is 11.8 Å². The highest BCUT2D eigenvalue weighted by molar-refractivity contribution is 5.98. The number of nitrogens with zero attached hydrogens (tertiary/aromatic N) is 1. The number of carbonyl (C=O) groups is 1. The van der Waals surface area contributed by atoms with Crippen LogP contribution in [0.3, 0.4) is 0 Å². The summed E-state index contributed by atoms with van der Waals surface area (Å²) in [6.07, 6.45) is 1.06. The number of Topliss-reactive ketones (excluding diaryl/α,β-unsaturated/α-hetero) is 1. The lowest BCUT2D eigenvalue weighted by atomic mass is 10.00. The van der Waals surface area contributed by atoms with Gasteiger partial charge in [-0.25, -0.2) is 0 Å². The molecule has 4 nitrogen and oxygen atoms in total. The first kappa shape index (κ1) is 18.3. The van der Waals surface area contributed by atoms with Gasteiger partial charge in [0.15, 0.2) is 0 Å². The van der Waals surface area contributed by atoms with E-state index in [9.17, 15) is 4.79 Å². The number of nitrogens with two attached hydrogens (primary N) is 1. The molecule has 0 saturated carbocycles. The first-order chi connectivity index (χ1) is 9.58. The highest BCUT2D eigenvalue weighted by Crippen LogP contribution is 2.08. The van der Waals surface area contributed by atoms with Crippen molar-refractivity contribution >= 4 is 11.5 Å². The van der Waals surface area contributed by atoms with Gasteiger partial charge in [-0.15, -0.1) is 0 Å². The van der Waals surface area contributed by atoms with Gasteiger partial charge in [-0.3, -0.25) is 4.79 Å². The highest BCUT2D eigenvalue weighted by atomic mass is 16.6. The fourth-order valence-corrected chi connectivity index (χ4v) is 1.70. The molecule has 0 fully saturated rings. The van der Waals surface area contributed by atoms with Crippen LogP contribution in [0.1, 0.15) is 45.2 Å². The molecule has 0 amide bonds. The van der Waals surface area contributed by atoms with Gasteiger partial charge < -0.3 is 10.6 Å². The Morgan fingerprint density at radius 2 is 1.85 bits per heavy atom. The topological polar surface area (TPSA) is 64.7 Å². The van der Waals surface area contributed by atoms with E-state index in [0.717, 1.165) is 16.8 Å². The maximum Gasteiger partial charge on any atom is 0.149 e. The maximum absolute atomic E-state index is 11.4. The van der Waals surface area contributed by atoms with Crippen molar-refractivity contribution < 1.29 is 9.63 Å². The normalized spacial score (nSPS) is 12.2. The van der Waals surface area contributed by atoms with E-state index in [4.69, 9.17) is 10.6 Å². The van der Waals surface area contributed by atoms with Crippen molar-refractivity contribution in [3.63, 3.8) is 0 Å². The lowest BCUT2D eigenvalue weighted by Gasteiger charge is -2.09. The van der Waals surface area contributed by atoms with E-state index < -0.39 is 6.04 Å². The van der Waals surface area contributed by atoms with Gasteiger partial charge >= 0.3 is 0 Å². The van der Waals surface area contributed by atoms with E-state index >= 15 is 0 Å². The Balaban J connectivity index is 0.00000172. The summed E-state index contributed by atoms with van der Waals surface area (Å²) >= 11 is 0. The molecular weight excluding hydrogens is 252 g/mol. The van der Waals surface area contributed by atoms with Crippen LogP contribution in [0.15, 0.2) is 29.4 Å². The predicted molar refractivity (Wildman–Crippen MR) is 84.0 cm³/mol. The molecule has 4 heteroatoms. The zero-order valence-corrected chi connectivity index (χ0v) is 13.1. The summed E-state index contributed by atoms with van der Waals surface area (Å²) in [4.78, 5) is 16.1. The number of hydrogen-bond acceptors (Lipinski definition) is 4. The van der Waals surface area contributed by atoms with Gasteiger partial charge in [-0.05, 0) is 24.5 Å². The van der Waals surface area contributed by atoms with Crippen molar-refractivity contribution in [2.45, 2.75) is 46.6 Å². The molecular formula is C16H26N2O2. The smallest absolute Gasteiger partial charge is 0.149 e. The molecule has 0 aromatic heterocycles. The number of carbonyl (C=O) groups excluding carboxylic acids is 1. The fourth-order valence-electron chi connectivity index (χ4n) is 1.70. The number of rotatable bonds is 6. The zero-order chi connectivity index (χ0) is 15.5. The van der Waals surface area contributed by atoms with Gasteiger partial charge in [0.2, 0.25) is 0 Å². The van der Waals surface area contributed by atoms with Crippen LogP contribution in [0.2, 0.25) is 0 Å². The highest BCUT2D eigenvalue weighted by Gasteiger charge is 2.11. The van der Waals surface area contributed by atoms with Crippen molar-refractivity contribution in [2.75, 3.05) is 7.11 Å². The minimum Gasteiger partial charge on any atom is -0.399 e. The molecule has 1 atom stereocenters. The Kier molecular flexibility index (Phi) is 9.30. The van der Waals surface area contributed by atoms with E-state index in [2.05, 4.69) is 5.16 Å². The molecule has 1 aromatic rings. The Bertz CT molecular complexity index is 425. The Morgan fingerprint density at radius 1 is 1.30 bits per heavy atom. The van der Waals surface area contributed by atoms with E-state index in [1.54, 1.807) is 0 Å². The lowest BCUT2D eigenvalue weighted by Crippen LogP contribution is -2.32. The van der Waals surface area contributed by atoms with Gasteiger partial charge in [-0.1, -0.05) is 50.2 Å². The third-order valence-electron chi connectivity index (χ3n) is 2.82. The lowest BCUT2D eigenvalue weighted by molar-refractivity contribution is -0.119. The van der Waals surface area contributed by atoms with Crippen molar-refractivity contribution in [1.82, 2.24) is 0 Å². The first-order valence-electron chi connectivity index (χ1n) is 7.03. The summed E-state index contributed by atoms with van der Waals surface area (Å²) in [7, 11) is 1.52. The largest absolute Gasteiger partial charge is 0.399 e. The Morgan fingerprint density at radius 3 is 2.30 bits per heavy atom. The van der Waals surface area contributed by atoms with E-state index in [0.29, 0.717) is 12.8 Å². The summed E-state index contributed by atoms with van der Waals surface area (Å²) in [5.74, 6) is 0.0937. The van der Waals surface area contributed by atoms with Gasteiger partial charge in [0.1, 0.15) is 12.9 Å². The molecule has 1 unspecified atom stereocenters. The number of oxime groups is 1. The minimum atomic E-state index is -0.408. The molecule has 0 aliphatic carbocycles. The second kappa shape index (κ2) is 10.1. The SMILES string of the molecule is CC.CCC(=O)C(N)Cc1ccc(/C(C)=N\OC)cc1. The summed E-state index contributed by atoms with van der Waals surface area (Å²) in [5.41, 5.74) is 8.68. The molecule has 0 aliphatic rings. The molecule has 112 valence electrons. The number of ketones is 1. The monoisotopic (exact) mass is 278 g/mol. The molecule has 0 aliphatic heterocycles. The fraction of sp³-hybridized carbons (Fsp3) is 0.500. The van der Waals surface area contributed by atoms with Gasteiger partial charge in [-0.2, -0.15) is 0 Å². The molecule has 0 saturated heterocycles. The summed E-state index contributed by atoms with van der Waals surface area (Å²) in [5, 5.41) is 3.86. The average Bonchev–Trinajstić information content (AvgIpc) is 2.49. The van der Waals surface area contributed by atoms with Crippen LogP contribution in [0.4, 0.5) is 0 Å². The molecule has 0 heterocycles. The van der Waals surface area contributed by atoms with E-state index in [1.165, 1.54) is 7.11 Å². The number of benzene rings is 1. The Labute approximate surface area is 122 Å². The van der Waals surface area contributed by atoms with Crippen LogP contribution in [-0.2, 0) is 16.1 Å². The van der Waals surface area contributed by atoms with Crippen LogP contribution in [-0.4, -0.2) is 24.6 Å². The van der Waals surface area contributed by atoms with Crippen molar-refractivity contribution in [1.29, 1.82) is 0 Å². The molecule has 20 heavy (non-hydrogen) atoms. The quantitative estimate of drug-likeness (QED) is 0.642. The van der Waals surface area contributed by atoms with Crippen molar-refractivity contribution in [3.05, 3.63) is 35.4 Å². The van der Waals surface area contributed by atoms with Gasteiger partial charge in [0, 0.05) is 6.42 Å². The Hall–Kier alpha value is -1.68. The van der Waals surface area contributed by atoms with Gasteiger partial charge in [0.25, 0.3) is 0 Å². The third-order valence-corrected chi connectivity index (χ3v) is 2.82. The molecule has 1 aromatic carbocycles. The summed E-state index contributed by atoms with van der Waals surface area (Å²) < 4.78 is 0. The standard InChI is InChI=1S/C14H20N2O2.C2H6/c1-4-14(17)13(15)9-11-5-7-12(8-6-11)10(2)16-18-3;1-2/h5-8,13H,4,9,15H2,1-3H3;1-2H3/b16-10-;. The predicted octanol–water partition coefficient (Wildman–Crippen LogP) is 2.93. The van der Waals surface area contributed by atoms with Crippen LogP contribution >= 0.6 is 0 Å². The minimum absolute atomic E-state index is 0.0937. The van der Waals surface area contributed by atoms with E-state index in [-0.39, 0.29) is 5.78 Å². The molecule has 2 N–H and O–H groups in total. The second-order valence-corrected chi connectivity index (χ2v) is 4.19. The van der Waals surface area contributed by atoms with Crippen LogP contribution in [0.5, 0.6) is 0 Å². The van der Waals surface area contributed by atoms with Crippen molar-refractivity contribution in [2.24, 2.45) is 10.9 Å². The van der Waals surface area contributed by atoms with Crippen LogP contribution in [0.25, 0.3) is 0 Å².